The quantitative estimate of drug-likeness (QED) is 0.710. The van der Waals surface area contributed by atoms with Gasteiger partial charge in [-0.15, -0.1) is 0 Å². The molecule has 1 unspecified atom stereocenters. The summed E-state index contributed by atoms with van der Waals surface area (Å²) in [5.41, 5.74) is 8.80. The van der Waals surface area contributed by atoms with E-state index in [0.29, 0.717) is 52.5 Å². The Balaban J connectivity index is 1.90. The molecule has 3 aliphatic rings. The number of nitrogens with one attached hydrogen (secondary N) is 1. The van der Waals surface area contributed by atoms with Gasteiger partial charge in [0.2, 0.25) is 5.91 Å². The number of carbonyl (C=O) groups excluding carboxylic acids is 2. The van der Waals surface area contributed by atoms with Crippen LogP contribution >= 0.6 is 11.6 Å². The van der Waals surface area contributed by atoms with Crippen LogP contribution in [0.1, 0.15) is 30.4 Å². The summed E-state index contributed by atoms with van der Waals surface area (Å²) in [7, 11) is 0. The number of halogens is 1. The summed E-state index contributed by atoms with van der Waals surface area (Å²) < 4.78 is 0. The third-order valence-electron chi connectivity index (χ3n) is 6.41. The fourth-order valence-electron chi connectivity index (χ4n) is 5.06. The first-order valence-electron chi connectivity index (χ1n) is 10.1. The van der Waals surface area contributed by atoms with Crippen molar-refractivity contribution in [1.82, 2.24) is 0 Å². The van der Waals surface area contributed by atoms with Crippen molar-refractivity contribution >= 4 is 34.7 Å². The molecule has 2 aromatic rings. The first kappa shape index (κ1) is 19.4. The maximum Gasteiger partial charge on any atom is 0.245 e. The third kappa shape index (κ3) is 2.38. The van der Waals surface area contributed by atoms with E-state index in [4.69, 9.17) is 17.3 Å². The van der Waals surface area contributed by atoms with Crippen LogP contribution in [0.15, 0.2) is 65.1 Å². The normalized spacial score (nSPS) is 22.4. The van der Waals surface area contributed by atoms with Crippen LogP contribution in [0.2, 0.25) is 5.02 Å². The van der Waals surface area contributed by atoms with Gasteiger partial charge in [-0.2, -0.15) is 5.26 Å². The van der Waals surface area contributed by atoms with Crippen molar-refractivity contribution in [3.05, 3.63) is 81.3 Å². The number of nitrogens with two attached hydrogens (primary N) is 1. The number of nitriles is 1. The predicted octanol–water partition coefficient (Wildman–Crippen LogP) is 4.06. The molecule has 1 amide bonds. The van der Waals surface area contributed by atoms with Crippen molar-refractivity contribution in [2.45, 2.75) is 31.6 Å². The molecule has 0 radical (unpaired) electrons. The van der Waals surface area contributed by atoms with E-state index in [1.807, 2.05) is 13.0 Å². The van der Waals surface area contributed by atoms with Gasteiger partial charge in [0.25, 0.3) is 0 Å². The maximum atomic E-state index is 13.5. The van der Waals surface area contributed by atoms with Crippen molar-refractivity contribution < 1.29 is 9.59 Å². The fraction of sp³-hybridized carbons (Fsp3) is 0.208. The molecule has 0 fully saturated rings. The van der Waals surface area contributed by atoms with Crippen LogP contribution in [0, 0.1) is 18.3 Å². The largest absolute Gasteiger partial charge is 0.384 e. The van der Waals surface area contributed by atoms with Crippen molar-refractivity contribution in [2.75, 3.05) is 10.2 Å². The zero-order valence-electron chi connectivity index (χ0n) is 16.8. The lowest BCUT2D eigenvalue weighted by atomic mass is 9.64. The zero-order chi connectivity index (χ0) is 21.9. The van der Waals surface area contributed by atoms with Crippen LogP contribution in [0.4, 0.5) is 11.4 Å². The Bertz CT molecular complexity index is 1290. The molecular weight excluding hydrogens is 412 g/mol. The monoisotopic (exact) mass is 430 g/mol. The Kier molecular flexibility index (Phi) is 4.21. The average Bonchev–Trinajstić information content (AvgIpc) is 3.04. The fourth-order valence-corrected chi connectivity index (χ4v) is 5.23. The van der Waals surface area contributed by atoms with E-state index in [9.17, 15) is 14.9 Å². The van der Waals surface area contributed by atoms with Crippen molar-refractivity contribution in [3.8, 4) is 6.07 Å². The van der Waals surface area contributed by atoms with Gasteiger partial charge < -0.3 is 11.1 Å². The number of rotatable bonds is 1. The number of nitrogens with zero attached hydrogens (tertiary/aromatic N) is 2. The molecule has 1 atom stereocenters. The molecule has 2 heterocycles. The Labute approximate surface area is 184 Å². The number of ketones is 1. The lowest BCUT2D eigenvalue weighted by Gasteiger charge is -2.44. The second kappa shape index (κ2) is 6.73. The lowest BCUT2D eigenvalue weighted by Crippen LogP contribution is -2.50. The summed E-state index contributed by atoms with van der Waals surface area (Å²) in [4.78, 5) is 28.6. The van der Waals surface area contributed by atoms with Gasteiger partial charge in [0.1, 0.15) is 17.3 Å². The minimum absolute atomic E-state index is 0.0586. The minimum atomic E-state index is -1.54. The number of Topliss-reactive ketones (excluding diaryl/α,β-unsaturated/α-hetero) is 1. The van der Waals surface area contributed by atoms with E-state index in [-0.39, 0.29) is 17.2 Å². The first-order valence-corrected chi connectivity index (χ1v) is 10.4. The van der Waals surface area contributed by atoms with Crippen molar-refractivity contribution in [1.29, 1.82) is 5.26 Å². The number of benzene rings is 2. The highest BCUT2D eigenvalue weighted by Gasteiger charge is 2.60. The topological polar surface area (TPSA) is 99.2 Å². The summed E-state index contributed by atoms with van der Waals surface area (Å²) in [6.45, 7) is 1.86. The second-order valence-corrected chi connectivity index (χ2v) is 8.35. The van der Waals surface area contributed by atoms with Gasteiger partial charge in [-0.1, -0.05) is 35.9 Å². The molecule has 1 spiro atoms. The van der Waals surface area contributed by atoms with Crippen LogP contribution in [0.5, 0.6) is 0 Å². The molecule has 6 nitrogen and oxygen atoms in total. The first-order chi connectivity index (χ1) is 14.9. The smallest absolute Gasteiger partial charge is 0.245 e. The zero-order valence-corrected chi connectivity index (χ0v) is 17.6. The van der Waals surface area contributed by atoms with Crippen LogP contribution in [0.25, 0.3) is 0 Å². The molecule has 7 heteroatoms. The number of amides is 1. The van der Waals surface area contributed by atoms with E-state index >= 15 is 0 Å². The molecule has 31 heavy (non-hydrogen) atoms. The highest BCUT2D eigenvalue weighted by atomic mass is 35.5. The van der Waals surface area contributed by atoms with Gasteiger partial charge in [0.15, 0.2) is 5.78 Å². The van der Waals surface area contributed by atoms with Gasteiger partial charge in [0, 0.05) is 34.0 Å². The molecule has 0 aromatic heterocycles. The molecule has 0 saturated heterocycles. The molecule has 0 saturated carbocycles. The molecule has 2 aliphatic heterocycles. The van der Waals surface area contributed by atoms with Crippen LogP contribution in [-0.4, -0.2) is 11.7 Å². The van der Waals surface area contributed by atoms with Gasteiger partial charge in [-0.05, 0) is 43.5 Å². The summed E-state index contributed by atoms with van der Waals surface area (Å²) in [5.74, 6) is -0.412. The molecular formula is C24H19ClN4O2. The number of para-hydroxylation sites is 1. The van der Waals surface area contributed by atoms with Crippen LogP contribution in [-0.2, 0) is 15.0 Å². The van der Waals surface area contributed by atoms with E-state index in [1.54, 1.807) is 41.3 Å². The Morgan fingerprint density at radius 2 is 1.94 bits per heavy atom. The van der Waals surface area contributed by atoms with E-state index < -0.39 is 11.3 Å². The third-order valence-corrected chi connectivity index (χ3v) is 6.82. The summed E-state index contributed by atoms with van der Waals surface area (Å²) in [6.07, 6.45) is 1.52. The molecule has 3 N–H and O–H groups in total. The standard InChI is InChI=1S/C24H19ClN4O2/c1-13-16(25)7-4-9-18(13)29-19-10-5-11-20(30)21(19)24(15(12-26)22(29)27)14-6-2-3-8-17(14)28-23(24)31/h2-4,6-9H,5,10-11,27H2,1H3,(H,28,31). The molecule has 1 aliphatic carbocycles. The summed E-state index contributed by atoms with van der Waals surface area (Å²) in [6, 6.07) is 14.8. The maximum absolute atomic E-state index is 13.5. The van der Waals surface area contributed by atoms with Crippen molar-refractivity contribution in [3.63, 3.8) is 0 Å². The van der Waals surface area contributed by atoms with E-state index in [2.05, 4.69) is 11.4 Å². The van der Waals surface area contributed by atoms with Crippen LogP contribution in [0.3, 0.4) is 0 Å². The number of allylic oxidation sites excluding steroid dienone is 1. The van der Waals surface area contributed by atoms with Crippen LogP contribution < -0.4 is 16.0 Å². The molecule has 0 bridgehead atoms. The number of fused-ring (bicyclic) bond motifs is 3. The lowest BCUT2D eigenvalue weighted by molar-refractivity contribution is -0.122. The van der Waals surface area contributed by atoms with E-state index in [0.717, 1.165) is 5.56 Å². The highest BCUT2D eigenvalue weighted by molar-refractivity contribution is 6.31. The number of hydrogen-bond acceptors (Lipinski definition) is 5. The Hall–Kier alpha value is -3.56. The highest BCUT2D eigenvalue weighted by Crippen LogP contribution is 2.55. The van der Waals surface area contributed by atoms with Gasteiger partial charge in [-0.3, -0.25) is 14.5 Å². The average molecular weight is 431 g/mol. The minimum Gasteiger partial charge on any atom is -0.384 e. The number of hydrogen-bond donors (Lipinski definition) is 2. The van der Waals surface area contributed by atoms with Gasteiger partial charge in [-0.25, -0.2) is 0 Å². The molecule has 154 valence electrons. The SMILES string of the molecule is Cc1c(Cl)cccc1N1C(N)=C(C#N)C2(C(=O)Nc3ccccc32)C2=C1CCCC2=O. The number of anilines is 2. The summed E-state index contributed by atoms with van der Waals surface area (Å²) in [5, 5.41) is 13.7. The summed E-state index contributed by atoms with van der Waals surface area (Å²) >= 11 is 6.37. The van der Waals surface area contributed by atoms with Gasteiger partial charge in [0.05, 0.1) is 11.3 Å². The second-order valence-electron chi connectivity index (χ2n) is 7.94. The molecule has 5 rings (SSSR count). The van der Waals surface area contributed by atoms with Crippen molar-refractivity contribution in [2.24, 2.45) is 5.73 Å². The van der Waals surface area contributed by atoms with Gasteiger partial charge >= 0.3 is 0 Å². The van der Waals surface area contributed by atoms with E-state index in [1.165, 1.54) is 0 Å². The predicted molar refractivity (Wildman–Crippen MR) is 118 cm³/mol. The molecule has 2 aromatic carbocycles. The number of carbonyl (C=O) groups is 2. The Morgan fingerprint density at radius 1 is 1.16 bits per heavy atom. The Morgan fingerprint density at radius 3 is 2.71 bits per heavy atom.